The van der Waals surface area contributed by atoms with E-state index in [1.165, 1.54) is 0 Å². The lowest BCUT2D eigenvalue weighted by Crippen LogP contribution is -2.12. The molecule has 0 atom stereocenters. The lowest BCUT2D eigenvalue weighted by atomic mass is 9.89. The minimum atomic E-state index is -1.44. The van der Waals surface area contributed by atoms with Gasteiger partial charge in [0.05, 0.1) is 6.61 Å². The van der Waals surface area contributed by atoms with Crippen molar-refractivity contribution < 1.29 is 24.5 Å². The molecule has 0 aliphatic heterocycles. The van der Waals surface area contributed by atoms with Crippen LogP contribution in [0, 0.1) is 0 Å². The average Bonchev–Trinajstić information content (AvgIpc) is 2.61. The number of ether oxygens (including phenoxy) is 2. The molecule has 0 saturated heterocycles. The second kappa shape index (κ2) is 11.7. The molecule has 0 spiro atoms. The van der Waals surface area contributed by atoms with Crippen LogP contribution in [-0.4, -0.2) is 23.0 Å². The van der Waals surface area contributed by atoms with E-state index in [0.717, 1.165) is 68.1 Å². The van der Waals surface area contributed by atoms with Gasteiger partial charge in [-0.05, 0) is 51.0 Å². The van der Waals surface area contributed by atoms with Crippen molar-refractivity contribution in [3.05, 3.63) is 16.7 Å². The summed E-state index contributed by atoms with van der Waals surface area (Å²) in [4.78, 5) is 11.2. The standard InChI is InChI=1S/C21H34O5/c1-5-9-12-15-16(13-10-6-2)18(22)20(26-21(23)24)19(25-8-4)17(15)14-11-7-3/h22H,5-14H2,1-4H3,(H,23,24). The van der Waals surface area contributed by atoms with Gasteiger partial charge in [-0.1, -0.05) is 40.0 Å². The fourth-order valence-corrected chi connectivity index (χ4v) is 3.22. The Morgan fingerprint density at radius 1 is 0.808 bits per heavy atom. The van der Waals surface area contributed by atoms with Crippen LogP contribution in [0.1, 0.15) is 82.9 Å². The molecule has 26 heavy (non-hydrogen) atoms. The first kappa shape index (κ1) is 22.1. The highest BCUT2D eigenvalue weighted by molar-refractivity contribution is 5.70. The van der Waals surface area contributed by atoms with Gasteiger partial charge in [-0.25, -0.2) is 4.79 Å². The molecule has 0 saturated carbocycles. The van der Waals surface area contributed by atoms with Gasteiger partial charge in [-0.15, -0.1) is 0 Å². The zero-order valence-electron chi connectivity index (χ0n) is 16.7. The summed E-state index contributed by atoms with van der Waals surface area (Å²) >= 11 is 0. The number of hydrogen-bond acceptors (Lipinski definition) is 4. The van der Waals surface area contributed by atoms with E-state index >= 15 is 0 Å². The highest BCUT2D eigenvalue weighted by Gasteiger charge is 2.26. The van der Waals surface area contributed by atoms with Crippen LogP contribution in [0.5, 0.6) is 17.2 Å². The number of phenolic OH excluding ortho intramolecular Hbond substituents is 1. The van der Waals surface area contributed by atoms with Crippen LogP contribution >= 0.6 is 0 Å². The maximum atomic E-state index is 11.2. The Kier molecular flexibility index (Phi) is 9.92. The summed E-state index contributed by atoms with van der Waals surface area (Å²) in [7, 11) is 0. The number of rotatable bonds is 12. The van der Waals surface area contributed by atoms with Crippen LogP contribution in [0.4, 0.5) is 4.79 Å². The Balaban J connectivity index is 3.64. The minimum absolute atomic E-state index is 0.0446. The maximum absolute atomic E-state index is 11.2. The van der Waals surface area contributed by atoms with Gasteiger partial charge >= 0.3 is 6.16 Å². The molecule has 1 rings (SSSR count). The van der Waals surface area contributed by atoms with Crippen LogP contribution in [0.2, 0.25) is 0 Å². The number of carbonyl (C=O) groups is 1. The zero-order chi connectivity index (χ0) is 19.5. The van der Waals surface area contributed by atoms with Crippen molar-refractivity contribution in [2.75, 3.05) is 6.61 Å². The first-order chi connectivity index (χ1) is 12.5. The Morgan fingerprint density at radius 3 is 1.77 bits per heavy atom. The molecule has 0 bridgehead atoms. The summed E-state index contributed by atoms with van der Waals surface area (Å²) in [6, 6.07) is 0. The molecular weight excluding hydrogens is 332 g/mol. The van der Waals surface area contributed by atoms with Gasteiger partial charge in [0.2, 0.25) is 5.75 Å². The maximum Gasteiger partial charge on any atom is 0.511 e. The Hall–Kier alpha value is -1.91. The molecule has 5 nitrogen and oxygen atoms in total. The minimum Gasteiger partial charge on any atom is -0.504 e. The molecule has 2 N–H and O–H groups in total. The summed E-state index contributed by atoms with van der Waals surface area (Å²) in [5.74, 6) is 0.277. The van der Waals surface area contributed by atoms with Crippen LogP contribution < -0.4 is 9.47 Å². The number of unbranched alkanes of at least 4 members (excludes halogenated alkanes) is 3. The number of carboxylic acid groups (broad SMARTS) is 1. The molecule has 0 aliphatic carbocycles. The zero-order valence-corrected chi connectivity index (χ0v) is 16.7. The lowest BCUT2D eigenvalue weighted by Gasteiger charge is -2.23. The third-order valence-electron chi connectivity index (χ3n) is 4.53. The van der Waals surface area contributed by atoms with Crippen LogP contribution in [0.25, 0.3) is 0 Å². The van der Waals surface area contributed by atoms with Crippen molar-refractivity contribution in [3.8, 4) is 17.2 Å². The van der Waals surface area contributed by atoms with Crippen LogP contribution in [-0.2, 0) is 19.3 Å². The van der Waals surface area contributed by atoms with E-state index in [0.29, 0.717) is 18.8 Å². The van der Waals surface area contributed by atoms with Gasteiger partial charge in [0.25, 0.3) is 0 Å². The fourth-order valence-electron chi connectivity index (χ4n) is 3.22. The Labute approximate surface area is 157 Å². The molecule has 0 aliphatic rings. The van der Waals surface area contributed by atoms with E-state index in [4.69, 9.17) is 14.6 Å². The van der Waals surface area contributed by atoms with Crippen molar-refractivity contribution in [1.29, 1.82) is 0 Å². The molecule has 1 aromatic rings. The summed E-state index contributed by atoms with van der Waals surface area (Å²) in [6.07, 6.45) is 6.92. The molecule has 0 unspecified atom stereocenters. The molecule has 5 heteroatoms. The van der Waals surface area contributed by atoms with Gasteiger partial charge in [-0.2, -0.15) is 0 Å². The van der Waals surface area contributed by atoms with Gasteiger partial charge in [0.1, 0.15) is 0 Å². The van der Waals surface area contributed by atoms with E-state index in [1.807, 2.05) is 6.92 Å². The third kappa shape index (κ3) is 5.82. The largest absolute Gasteiger partial charge is 0.511 e. The van der Waals surface area contributed by atoms with Crippen LogP contribution in [0.3, 0.4) is 0 Å². The van der Waals surface area contributed by atoms with Gasteiger partial charge in [0.15, 0.2) is 11.5 Å². The van der Waals surface area contributed by atoms with Gasteiger partial charge in [0, 0.05) is 11.1 Å². The summed E-state index contributed by atoms with van der Waals surface area (Å²) < 4.78 is 10.7. The highest BCUT2D eigenvalue weighted by Crippen LogP contribution is 2.46. The normalized spacial score (nSPS) is 10.8. The molecule has 0 radical (unpaired) electrons. The van der Waals surface area contributed by atoms with Gasteiger partial charge in [-0.3, -0.25) is 0 Å². The highest BCUT2D eigenvalue weighted by atomic mass is 16.7. The molecule has 0 heterocycles. The molecule has 0 amide bonds. The smallest absolute Gasteiger partial charge is 0.504 e. The monoisotopic (exact) mass is 366 g/mol. The van der Waals surface area contributed by atoms with Crippen molar-refractivity contribution in [3.63, 3.8) is 0 Å². The SMILES string of the molecule is CCCCc1c(O)c(OC(=O)O)c(OCC)c(CCCC)c1CCCC. The van der Waals surface area contributed by atoms with E-state index in [1.54, 1.807) is 0 Å². The number of benzene rings is 1. The third-order valence-corrected chi connectivity index (χ3v) is 4.53. The molecule has 0 aromatic heterocycles. The van der Waals surface area contributed by atoms with Crippen molar-refractivity contribution in [2.45, 2.75) is 85.5 Å². The van der Waals surface area contributed by atoms with E-state index in [-0.39, 0.29) is 11.5 Å². The second-order valence-electron chi connectivity index (χ2n) is 6.55. The topological polar surface area (TPSA) is 76.0 Å². The molecule has 148 valence electrons. The van der Waals surface area contributed by atoms with E-state index < -0.39 is 6.16 Å². The first-order valence-electron chi connectivity index (χ1n) is 9.94. The van der Waals surface area contributed by atoms with E-state index in [9.17, 15) is 9.90 Å². The molecule has 1 aromatic carbocycles. The van der Waals surface area contributed by atoms with E-state index in [2.05, 4.69) is 20.8 Å². The quantitative estimate of drug-likeness (QED) is 0.357. The van der Waals surface area contributed by atoms with Crippen molar-refractivity contribution >= 4 is 6.16 Å². The number of hydrogen-bond donors (Lipinski definition) is 2. The van der Waals surface area contributed by atoms with Crippen molar-refractivity contribution in [2.24, 2.45) is 0 Å². The summed E-state index contributed by atoms with van der Waals surface area (Å²) in [5.41, 5.74) is 2.95. The molecular formula is C21H34O5. The predicted molar refractivity (Wildman–Crippen MR) is 104 cm³/mol. The average molecular weight is 366 g/mol. The second-order valence-corrected chi connectivity index (χ2v) is 6.55. The lowest BCUT2D eigenvalue weighted by molar-refractivity contribution is 0.140. The number of aromatic hydroxyl groups is 1. The summed E-state index contributed by atoms with van der Waals surface area (Å²) in [6.45, 7) is 8.60. The fraction of sp³-hybridized carbons (Fsp3) is 0.667. The molecule has 0 fully saturated rings. The van der Waals surface area contributed by atoms with Gasteiger partial charge < -0.3 is 19.7 Å². The van der Waals surface area contributed by atoms with Crippen molar-refractivity contribution in [1.82, 2.24) is 0 Å². The first-order valence-corrected chi connectivity index (χ1v) is 9.94. The number of phenols is 1. The summed E-state index contributed by atoms with van der Waals surface area (Å²) in [5, 5.41) is 20.0. The van der Waals surface area contributed by atoms with Crippen LogP contribution in [0.15, 0.2) is 0 Å². The predicted octanol–water partition coefficient (Wildman–Crippen LogP) is 5.88. The Bertz CT molecular complexity index is 580. The Morgan fingerprint density at radius 2 is 1.31 bits per heavy atom.